The molecule has 0 amide bonds. The highest BCUT2D eigenvalue weighted by atomic mass is 32.2. The van der Waals surface area contributed by atoms with E-state index in [4.69, 9.17) is 4.74 Å². The van der Waals surface area contributed by atoms with Crippen LogP contribution < -0.4 is 0 Å². The molecular formula is C22H40N4O3S. The molecule has 0 unspecified atom stereocenters. The van der Waals surface area contributed by atoms with Crippen molar-refractivity contribution in [1.82, 2.24) is 19.4 Å². The van der Waals surface area contributed by atoms with Gasteiger partial charge in [0, 0.05) is 45.9 Å². The minimum atomic E-state index is -3.41. The summed E-state index contributed by atoms with van der Waals surface area (Å²) >= 11 is 0. The van der Waals surface area contributed by atoms with Crippen LogP contribution in [0, 0.1) is 11.8 Å². The molecule has 2 fully saturated rings. The van der Waals surface area contributed by atoms with E-state index in [-0.39, 0.29) is 16.8 Å². The largest absolute Gasteiger partial charge is 0.383 e. The Morgan fingerprint density at radius 1 is 1.20 bits per heavy atom. The summed E-state index contributed by atoms with van der Waals surface area (Å²) in [5.41, 5.74) is 0.976. The fraction of sp³-hybridized carbons (Fsp3) is 0.864. The second-order valence-corrected chi connectivity index (χ2v) is 11.4. The summed E-state index contributed by atoms with van der Waals surface area (Å²) in [6.45, 7) is 9.30. The zero-order valence-corrected chi connectivity index (χ0v) is 20.0. The first-order chi connectivity index (χ1) is 14.3. The van der Waals surface area contributed by atoms with E-state index in [0.717, 1.165) is 57.6 Å². The molecule has 0 spiro atoms. The number of aromatic nitrogens is 2. The highest BCUT2D eigenvalue weighted by Gasteiger charge is 2.31. The number of nitrogens with zero attached hydrogens (tertiary/aromatic N) is 4. The van der Waals surface area contributed by atoms with Crippen LogP contribution in [0.25, 0.3) is 0 Å². The number of piperazine rings is 1. The molecule has 8 heteroatoms. The first-order valence-corrected chi connectivity index (χ1v) is 13.2. The van der Waals surface area contributed by atoms with Crippen molar-refractivity contribution in [1.29, 1.82) is 0 Å². The van der Waals surface area contributed by atoms with Crippen molar-refractivity contribution in [3.05, 3.63) is 11.9 Å². The number of ether oxygens (including phenoxy) is 1. The summed E-state index contributed by atoms with van der Waals surface area (Å²) in [6.07, 6.45) is 7.32. The van der Waals surface area contributed by atoms with E-state index in [9.17, 15) is 8.42 Å². The topological polar surface area (TPSA) is 67.7 Å². The average molecular weight is 441 g/mol. The van der Waals surface area contributed by atoms with E-state index in [0.29, 0.717) is 25.1 Å². The van der Waals surface area contributed by atoms with Crippen molar-refractivity contribution >= 4 is 9.84 Å². The Morgan fingerprint density at radius 2 is 1.93 bits per heavy atom. The van der Waals surface area contributed by atoms with Crippen LogP contribution in [-0.2, 0) is 27.7 Å². The van der Waals surface area contributed by atoms with E-state index in [2.05, 4.69) is 35.7 Å². The lowest BCUT2D eigenvalue weighted by Gasteiger charge is -2.42. The summed E-state index contributed by atoms with van der Waals surface area (Å²) in [4.78, 5) is 9.31. The number of rotatable bonds is 9. The van der Waals surface area contributed by atoms with Crippen LogP contribution in [0.5, 0.6) is 0 Å². The van der Waals surface area contributed by atoms with Gasteiger partial charge in [-0.15, -0.1) is 0 Å². The predicted octanol–water partition coefficient (Wildman–Crippen LogP) is 2.66. The maximum absolute atomic E-state index is 13.3. The van der Waals surface area contributed by atoms with Gasteiger partial charge in [0.05, 0.1) is 24.3 Å². The molecule has 1 saturated carbocycles. The van der Waals surface area contributed by atoms with Crippen molar-refractivity contribution in [2.45, 2.75) is 70.2 Å². The Kier molecular flexibility index (Phi) is 8.35. The van der Waals surface area contributed by atoms with Gasteiger partial charge in [-0.25, -0.2) is 13.4 Å². The molecule has 1 atom stereocenters. The summed E-state index contributed by atoms with van der Waals surface area (Å²) in [7, 11) is 0.417. The van der Waals surface area contributed by atoms with E-state index in [1.165, 1.54) is 6.42 Å². The van der Waals surface area contributed by atoms with Gasteiger partial charge in [0.15, 0.2) is 0 Å². The highest BCUT2D eigenvalue weighted by molar-refractivity contribution is 7.91. The number of imidazole rings is 1. The minimum absolute atomic E-state index is 0.222. The quantitative estimate of drug-likeness (QED) is 0.588. The third kappa shape index (κ3) is 5.84. The van der Waals surface area contributed by atoms with E-state index < -0.39 is 9.84 Å². The van der Waals surface area contributed by atoms with Crippen LogP contribution in [0.1, 0.15) is 51.6 Å². The lowest BCUT2D eigenvalue weighted by molar-refractivity contribution is 0.0547. The third-order valence-electron chi connectivity index (χ3n) is 6.75. The summed E-state index contributed by atoms with van der Waals surface area (Å²) in [5.74, 6) is 1.03. The molecule has 1 aromatic rings. The third-order valence-corrected chi connectivity index (χ3v) is 8.54. The van der Waals surface area contributed by atoms with Gasteiger partial charge in [0.25, 0.3) is 0 Å². The lowest BCUT2D eigenvalue weighted by Crippen LogP contribution is -2.53. The SMILES string of the molecule is COCCn1c(CN2CCN(C)C[C@@H]2C(C)C)cnc1S(=O)(=O)CC1CCCCC1. The molecule has 0 bridgehead atoms. The lowest BCUT2D eigenvalue weighted by atomic mass is 9.91. The fourth-order valence-corrected chi connectivity index (χ4v) is 6.82. The van der Waals surface area contributed by atoms with Crippen LogP contribution in [0.15, 0.2) is 11.4 Å². The van der Waals surface area contributed by atoms with Crippen LogP contribution in [0.3, 0.4) is 0 Å². The second kappa shape index (κ2) is 10.6. The maximum atomic E-state index is 13.3. The number of likely N-dealkylation sites (N-methyl/N-ethyl adjacent to an activating group) is 1. The molecule has 0 radical (unpaired) electrons. The molecule has 7 nitrogen and oxygen atoms in total. The van der Waals surface area contributed by atoms with Crippen LogP contribution in [-0.4, -0.2) is 80.0 Å². The fourth-order valence-electron chi connectivity index (χ4n) is 4.95. The molecule has 1 aromatic heterocycles. The van der Waals surface area contributed by atoms with Gasteiger partial charge in [-0.1, -0.05) is 33.1 Å². The predicted molar refractivity (Wildman–Crippen MR) is 119 cm³/mol. The number of hydrogen-bond donors (Lipinski definition) is 0. The molecule has 172 valence electrons. The first-order valence-electron chi connectivity index (χ1n) is 11.5. The molecule has 30 heavy (non-hydrogen) atoms. The Hall–Kier alpha value is -0.960. The standard InChI is InChI=1S/C22H40N4O3S/c1-18(2)21-16-24(3)10-11-25(21)15-20-14-23-22(26(20)12-13-29-4)30(27,28)17-19-8-6-5-7-9-19/h14,18-19,21H,5-13,15-17H2,1-4H3/t21-/m1/s1. The van der Waals surface area contributed by atoms with Crippen molar-refractivity contribution in [3.8, 4) is 0 Å². The molecule has 1 aliphatic heterocycles. The monoisotopic (exact) mass is 440 g/mol. The maximum Gasteiger partial charge on any atom is 0.227 e. The van der Waals surface area contributed by atoms with Gasteiger partial charge in [-0.05, 0) is 31.7 Å². The summed E-state index contributed by atoms with van der Waals surface area (Å²) in [5, 5.41) is 0.232. The Morgan fingerprint density at radius 3 is 2.60 bits per heavy atom. The van der Waals surface area contributed by atoms with Crippen molar-refractivity contribution in [2.75, 3.05) is 46.2 Å². The van der Waals surface area contributed by atoms with Crippen LogP contribution in [0.2, 0.25) is 0 Å². The number of methoxy groups -OCH3 is 1. The summed E-state index contributed by atoms with van der Waals surface area (Å²) in [6, 6.07) is 0.455. The highest BCUT2D eigenvalue weighted by Crippen LogP contribution is 2.28. The zero-order valence-electron chi connectivity index (χ0n) is 19.2. The number of sulfone groups is 1. The van der Waals surface area contributed by atoms with E-state index in [1.807, 2.05) is 4.57 Å². The average Bonchev–Trinajstić information content (AvgIpc) is 3.11. The van der Waals surface area contributed by atoms with Crippen molar-refractivity contribution in [3.63, 3.8) is 0 Å². The zero-order chi connectivity index (χ0) is 21.7. The second-order valence-electron chi connectivity index (χ2n) is 9.51. The molecule has 2 aliphatic rings. The molecule has 1 aliphatic carbocycles. The van der Waals surface area contributed by atoms with Gasteiger partial charge >= 0.3 is 0 Å². The Balaban J connectivity index is 1.82. The number of hydrogen-bond acceptors (Lipinski definition) is 6. The van der Waals surface area contributed by atoms with Gasteiger partial charge in [-0.3, -0.25) is 4.90 Å². The van der Waals surface area contributed by atoms with E-state index in [1.54, 1.807) is 13.3 Å². The van der Waals surface area contributed by atoms with Crippen molar-refractivity contribution < 1.29 is 13.2 Å². The Labute approximate surface area is 182 Å². The molecule has 3 rings (SSSR count). The molecule has 1 saturated heterocycles. The van der Waals surface area contributed by atoms with Gasteiger partial charge < -0.3 is 14.2 Å². The van der Waals surface area contributed by atoms with Crippen LogP contribution in [0.4, 0.5) is 0 Å². The first kappa shape index (κ1) is 23.7. The van der Waals surface area contributed by atoms with Crippen LogP contribution >= 0.6 is 0 Å². The molecule has 0 aromatic carbocycles. The normalized spacial score (nSPS) is 22.8. The smallest absolute Gasteiger partial charge is 0.227 e. The van der Waals surface area contributed by atoms with Gasteiger partial charge in [-0.2, -0.15) is 0 Å². The Bertz CT molecular complexity index is 771. The molecular weight excluding hydrogens is 400 g/mol. The van der Waals surface area contributed by atoms with E-state index >= 15 is 0 Å². The van der Waals surface area contributed by atoms with Crippen molar-refractivity contribution in [2.24, 2.45) is 11.8 Å². The van der Waals surface area contributed by atoms with Gasteiger partial charge in [0.1, 0.15) is 0 Å². The minimum Gasteiger partial charge on any atom is -0.383 e. The molecule has 2 heterocycles. The van der Waals surface area contributed by atoms with Gasteiger partial charge in [0.2, 0.25) is 15.0 Å². The summed E-state index contributed by atoms with van der Waals surface area (Å²) < 4.78 is 33.7. The molecule has 0 N–H and O–H groups in total.